The van der Waals surface area contributed by atoms with Crippen molar-refractivity contribution in [2.75, 3.05) is 30.4 Å². The molecule has 1 rings (SSSR count). The second kappa shape index (κ2) is 6.81. The molecule has 1 N–H and O–H groups in total. The number of rotatable bonds is 5. The van der Waals surface area contributed by atoms with Crippen LogP contribution in [0.1, 0.15) is 27.7 Å². The molecular weight excluding hydrogens is 280 g/mol. The number of carbonyl (C=O) groups excluding carboxylic acids is 1. The summed E-state index contributed by atoms with van der Waals surface area (Å²) in [6, 6.07) is 7.55. The molecule has 0 bridgehead atoms. The molecule has 0 aliphatic heterocycles. The highest BCUT2D eigenvalue weighted by Gasteiger charge is 2.30. The van der Waals surface area contributed by atoms with Gasteiger partial charge < -0.3 is 14.9 Å². The molecule has 1 aromatic rings. The minimum absolute atomic E-state index is 0.0850. The van der Waals surface area contributed by atoms with Gasteiger partial charge in [0, 0.05) is 37.4 Å². The van der Waals surface area contributed by atoms with E-state index >= 15 is 0 Å². The zero-order valence-electron chi connectivity index (χ0n) is 14.3. The van der Waals surface area contributed by atoms with Crippen molar-refractivity contribution < 1.29 is 14.7 Å². The first-order chi connectivity index (χ1) is 10.0. The largest absolute Gasteiger partial charge is 0.481 e. The highest BCUT2D eigenvalue weighted by Crippen LogP contribution is 2.26. The molecule has 5 heteroatoms. The van der Waals surface area contributed by atoms with Gasteiger partial charge in [0.25, 0.3) is 0 Å². The second-order valence-electron chi connectivity index (χ2n) is 6.82. The molecule has 0 aliphatic carbocycles. The number of carbonyl (C=O) groups is 2. The molecule has 0 aromatic heterocycles. The van der Waals surface area contributed by atoms with Gasteiger partial charge in [-0.3, -0.25) is 9.59 Å². The van der Waals surface area contributed by atoms with Gasteiger partial charge in [-0.05, 0) is 24.3 Å². The highest BCUT2D eigenvalue weighted by molar-refractivity contribution is 5.97. The number of amides is 1. The number of carboxylic acid groups (broad SMARTS) is 1. The van der Waals surface area contributed by atoms with E-state index in [1.165, 1.54) is 0 Å². The number of hydrogen-bond donors (Lipinski definition) is 1. The van der Waals surface area contributed by atoms with Gasteiger partial charge in [-0.2, -0.15) is 0 Å². The molecule has 122 valence electrons. The number of nitrogens with zero attached hydrogens (tertiary/aromatic N) is 2. The number of anilines is 2. The Balaban J connectivity index is 3.14. The van der Waals surface area contributed by atoms with Crippen LogP contribution in [0.3, 0.4) is 0 Å². The molecule has 0 radical (unpaired) electrons. The summed E-state index contributed by atoms with van der Waals surface area (Å²) in [6.07, 6.45) is 0. The first-order valence-electron chi connectivity index (χ1n) is 7.36. The molecular formula is C17H26N2O3. The standard InChI is InChI=1S/C17H26N2O3/c1-12(15(20)21)11-19(16(22)17(2,3)4)14-9-7-13(8-10-14)18(5)6/h7-10,12H,11H2,1-6H3,(H,20,21). The van der Waals surface area contributed by atoms with Crippen molar-refractivity contribution >= 4 is 23.3 Å². The van der Waals surface area contributed by atoms with E-state index in [1.54, 1.807) is 11.8 Å². The average Bonchev–Trinajstić information content (AvgIpc) is 2.42. The van der Waals surface area contributed by atoms with Crippen LogP contribution in [0, 0.1) is 11.3 Å². The van der Waals surface area contributed by atoms with E-state index in [2.05, 4.69) is 0 Å². The molecule has 1 unspecified atom stereocenters. The van der Waals surface area contributed by atoms with Crippen molar-refractivity contribution in [1.82, 2.24) is 0 Å². The lowest BCUT2D eigenvalue weighted by Gasteiger charge is -2.31. The van der Waals surface area contributed by atoms with Gasteiger partial charge in [-0.15, -0.1) is 0 Å². The molecule has 1 atom stereocenters. The van der Waals surface area contributed by atoms with Gasteiger partial charge in [-0.25, -0.2) is 0 Å². The van der Waals surface area contributed by atoms with Crippen LogP contribution in [0.5, 0.6) is 0 Å². The summed E-state index contributed by atoms with van der Waals surface area (Å²) >= 11 is 0. The molecule has 5 nitrogen and oxygen atoms in total. The minimum atomic E-state index is -0.906. The summed E-state index contributed by atoms with van der Waals surface area (Å²) in [5, 5.41) is 9.13. The molecule has 22 heavy (non-hydrogen) atoms. The van der Waals surface area contributed by atoms with Crippen molar-refractivity contribution in [3.05, 3.63) is 24.3 Å². The fourth-order valence-corrected chi connectivity index (χ4v) is 1.99. The van der Waals surface area contributed by atoms with Gasteiger partial charge in [-0.1, -0.05) is 27.7 Å². The van der Waals surface area contributed by atoms with Crippen LogP contribution in [0.25, 0.3) is 0 Å². The first kappa shape index (κ1) is 18.0. The Kier molecular flexibility index (Phi) is 5.58. The third-order valence-electron chi connectivity index (χ3n) is 3.44. The molecule has 1 aromatic carbocycles. The minimum Gasteiger partial charge on any atom is -0.481 e. The summed E-state index contributed by atoms with van der Waals surface area (Å²) < 4.78 is 0. The van der Waals surface area contributed by atoms with Gasteiger partial charge >= 0.3 is 5.97 Å². The third kappa shape index (κ3) is 4.48. The first-order valence-corrected chi connectivity index (χ1v) is 7.36. The van der Waals surface area contributed by atoms with Crippen LogP contribution in [-0.2, 0) is 9.59 Å². The van der Waals surface area contributed by atoms with E-state index in [1.807, 2.05) is 64.0 Å². The monoisotopic (exact) mass is 306 g/mol. The van der Waals surface area contributed by atoms with Crippen molar-refractivity contribution in [3.8, 4) is 0 Å². The van der Waals surface area contributed by atoms with Gasteiger partial charge in [0.05, 0.1) is 5.92 Å². The number of aliphatic carboxylic acids is 1. The van der Waals surface area contributed by atoms with Crippen molar-refractivity contribution in [1.29, 1.82) is 0 Å². The smallest absolute Gasteiger partial charge is 0.308 e. The number of hydrogen-bond acceptors (Lipinski definition) is 3. The van der Waals surface area contributed by atoms with Crippen molar-refractivity contribution in [2.24, 2.45) is 11.3 Å². The summed E-state index contributed by atoms with van der Waals surface area (Å²) in [7, 11) is 3.89. The van der Waals surface area contributed by atoms with Crippen LogP contribution in [0.15, 0.2) is 24.3 Å². The van der Waals surface area contributed by atoms with E-state index in [4.69, 9.17) is 5.11 Å². The van der Waals surface area contributed by atoms with E-state index in [0.717, 1.165) is 11.4 Å². The van der Waals surface area contributed by atoms with E-state index < -0.39 is 17.3 Å². The molecule has 0 saturated carbocycles. The van der Waals surface area contributed by atoms with Gasteiger partial charge in [0.15, 0.2) is 0 Å². The molecule has 0 aliphatic rings. The summed E-state index contributed by atoms with van der Waals surface area (Å²) in [4.78, 5) is 27.3. The highest BCUT2D eigenvalue weighted by atomic mass is 16.4. The predicted molar refractivity (Wildman–Crippen MR) is 89.4 cm³/mol. The summed E-state index contributed by atoms with van der Waals surface area (Å²) in [6.45, 7) is 7.28. The second-order valence-corrected chi connectivity index (χ2v) is 6.82. The maximum absolute atomic E-state index is 12.7. The molecule has 0 fully saturated rings. The van der Waals surface area contributed by atoms with Crippen molar-refractivity contribution in [3.63, 3.8) is 0 Å². The maximum atomic E-state index is 12.7. The third-order valence-corrected chi connectivity index (χ3v) is 3.44. The lowest BCUT2D eigenvalue weighted by molar-refractivity contribution is -0.140. The zero-order valence-corrected chi connectivity index (χ0v) is 14.3. The van der Waals surface area contributed by atoms with Gasteiger partial charge in [0.1, 0.15) is 0 Å². The normalized spacial score (nSPS) is 12.6. The zero-order chi connectivity index (χ0) is 17.1. The lowest BCUT2D eigenvalue weighted by atomic mass is 9.93. The predicted octanol–water partition coefficient (Wildman–Crippen LogP) is 2.85. The van der Waals surface area contributed by atoms with Crippen molar-refractivity contribution in [2.45, 2.75) is 27.7 Å². The SMILES string of the molecule is CC(CN(C(=O)C(C)(C)C)c1ccc(N(C)C)cc1)C(=O)O. The Morgan fingerprint density at radius 3 is 1.91 bits per heavy atom. The van der Waals surface area contributed by atoms with Crippen LogP contribution >= 0.6 is 0 Å². The number of benzene rings is 1. The molecule has 0 heterocycles. The maximum Gasteiger partial charge on any atom is 0.308 e. The topological polar surface area (TPSA) is 60.9 Å². The Morgan fingerprint density at radius 1 is 1.09 bits per heavy atom. The molecule has 0 saturated heterocycles. The van der Waals surface area contributed by atoms with Crippen LogP contribution in [-0.4, -0.2) is 37.6 Å². The Morgan fingerprint density at radius 2 is 1.55 bits per heavy atom. The Bertz CT molecular complexity index is 530. The molecule has 0 spiro atoms. The summed E-state index contributed by atoms with van der Waals surface area (Å²) in [5.41, 5.74) is 1.18. The van der Waals surface area contributed by atoms with Crippen LogP contribution in [0.2, 0.25) is 0 Å². The van der Waals surface area contributed by atoms with E-state index in [-0.39, 0.29) is 12.5 Å². The fourth-order valence-electron chi connectivity index (χ4n) is 1.99. The molecule has 1 amide bonds. The van der Waals surface area contributed by atoms with E-state index in [9.17, 15) is 9.59 Å². The lowest BCUT2D eigenvalue weighted by Crippen LogP contribution is -2.43. The van der Waals surface area contributed by atoms with Gasteiger partial charge in [0.2, 0.25) is 5.91 Å². The van der Waals surface area contributed by atoms with Crippen LogP contribution in [0.4, 0.5) is 11.4 Å². The average molecular weight is 306 g/mol. The quantitative estimate of drug-likeness (QED) is 0.908. The Hall–Kier alpha value is -2.04. The van der Waals surface area contributed by atoms with Crippen LogP contribution < -0.4 is 9.80 Å². The fraction of sp³-hybridized carbons (Fsp3) is 0.529. The summed E-state index contributed by atoms with van der Waals surface area (Å²) in [5.74, 6) is -1.62. The Labute approximate surface area is 132 Å². The number of carboxylic acids is 1. The van der Waals surface area contributed by atoms with E-state index in [0.29, 0.717) is 0 Å².